The minimum atomic E-state index is 0.0767. The van der Waals surface area contributed by atoms with Crippen LogP contribution < -0.4 is 10.6 Å². The number of anilines is 1. The molecule has 1 amide bonds. The van der Waals surface area contributed by atoms with Crippen LogP contribution in [0.4, 0.5) is 5.69 Å². The Bertz CT molecular complexity index is 462. The van der Waals surface area contributed by atoms with Crippen molar-refractivity contribution in [1.82, 2.24) is 10.2 Å². The van der Waals surface area contributed by atoms with E-state index in [4.69, 9.17) is 0 Å². The molecule has 2 saturated heterocycles. The Morgan fingerprint density at radius 1 is 1.10 bits per heavy atom. The minimum absolute atomic E-state index is 0.0767. The van der Waals surface area contributed by atoms with Crippen LogP contribution in [0.5, 0.6) is 0 Å². The van der Waals surface area contributed by atoms with Crippen LogP contribution in [0.3, 0.4) is 0 Å². The highest BCUT2D eigenvalue weighted by Gasteiger charge is 2.31. The molecule has 21 heavy (non-hydrogen) atoms. The summed E-state index contributed by atoms with van der Waals surface area (Å²) in [6.45, 7) is 2.85. The van der Waals surface area contributed by atoms with Crippen molar-refractivity contribution in [1.29, 1.82) is 0 Å². The van der Waals surface area contributed by atoms with Crippen molar-refractivity contribution in [3.63, 3.8) is 0 Å². The zero-order valence-corrected chi connectivity index (χ0v) is 12.6. The van der Waals surface area contributed by atoms with Gasteiger partial charge in [0.25, 0.3) is 0 Å². The standard InChI is InChI=1S/C17H25N3O/c21-17-16(10-4-5-11-18-17)20-12-6-9-15(13-20)19-14-7-2-1-3-8-14/h1-3,7-8,15-16,19H,4-6,9-13H2,(H,18,21)/t15-,16+/m1/s1. The highest BCUT2D eigenvalue weighted by Crippen LogP contribution is 2.21. The van der Waals surface area contributed by atoms with Crippen molar-refractivity contribution in [2.45, 2.75) is 44.2 Å². The molecule has 0 bridgehead atoms. The molecule has 0 aromatic heterocycles. The lowest BCUT2D eigenvalue weighted by atomic mass is 10.0. The van der Waals surface area contributed by atoms with Gasteiger partial charge in [-0.1, -0.05) is 18.2 Å². The van der Waals surface area contributed by atoms with Crippen LogP contribution in [-0.4, -0.2) is 42.5 Å². The minimum Gasteiger partial charge on any atom is -0.381 e. The van der Waals surface area contributed by atoms with E-state index < -0.39 is 0 Å². The molecule has 0 spiro atoms. The number of carbonyl (C=O) groups is 1. The summed E-state index contributed by atoms with van der Waals surface area (Å²) in [5.41, 5.74) is 1.18. The normalized spacial score (nSPS) is 27.7. The van der Waals surface area contributed by atoms with Gasteiger partial charge in [-0.2, -0.15) is 0 Å². The zero-order valence-electron chi connectivity index (χ0n) is 12.6. The van der Waals surface area contributed by atoms with E-state index in [1.807, 2.05) is 6.07 Å². The summed E-state index contributed by atoms with van der Waals surface area (Å²) in [7, 11) is 0. The summed E-state index contributed by atoms with van der Waals surface area (Å²) in [4.78, 5) is 14.6. The first-order chi connectivity index (χ1) is 10.3. The van der Waals surface area contributed by atoms with Gasteiger partial charge in [0.05, 0.1) is 6.04 Å². The maximum absolute atomic E-state index is 12.2. The van der Waals surface area contributed by atoms with E-state index in [-0.39, 0.29) is 11.9 Å². The molecule has 2 N–H and O–H groups in total. The van der Waals surface area contributed by atoms with E-state index in [1.165, 1.54) is 12.1 Å². The summed E-state index contributed by atoms with van der Waals surface area (Å²) < 4.78 is 0. The fourth-order valence-electron chi connectivity index (χ4n) is 3.45. The maximum atomic E-state index is 12.2. The summed E-state index contributed by atoms with van der Waals surface area (Å²) in [6, 6.07) is 10.9. The first kappa shape index (κ1) is 14.4. The lowest BCUT2D eigenvalue weighted by Crippen LogP contribution is -2.52. The highest BCUT2D eigenvalue weighted by atomic mass is 16.2. The third-order valence-corrected chi connectivity index (χ3v) is 4.54. The molecule has 3 rings (SSSR count). The van der Waals surface area contributed by atoms with Gasteiger partial charge in [-0.15, -0.1) is 0 Å². The first-order valence-electron chi connectivity index (χ1n) is 8.16. The summed E-state index contributed by atoms with van der Waals surface area (Å²) in [5, 5.41) is 6.66. The average molecular weight is 287 g/mol. The smallest absolute Gasteiger partial charge is 0.237 e. The van der Waals surface area contributed by atoms with E-state index in [0.717, 1.165) is 45.3 Å². The monoisotopic (exact) mass is 287 g/mol. The molecule has 2 fully saturated rings. The van der Waals surface area contributed by atoms with Gasteiger partial charge in [-0.05, 0) is 50.8 Å². The Morgan fingerprint density at radius 2 is 1.95 bits per heavy atom. The van der Waals surface area contributed by atoms with Gasteiger partial charge < -0.3 is 10.6 Å². The number of piperidine rings is 1. The van der Waals surface area contributed by atoms with Crippen LogP contribution in [0, 0.1) is 0 Å². The molecule has 0 saturated carbocycles. The average Bonchev–Trinajstić information content (AvgIpc) is 2.73. The Morgan fingerprint density at radius 3 is 2.81 bits per heavy atom. The predicted octanol–water partition coefficient (Wildman–Crippen LogP) is 2.23. The Hall–Kier alpha value is -1.55. The molecule has 2 aliphatic heterocycles. The van der Waals surface area contributed by atoms with E-state index in [9.17, 15) is 4.79 Å². The fraction of sp³-hybridized carbons (Fsp3) is 0.588. The highest BCUT2D eigenvalue weighted by molar-refractivity contribution is 5.81. The van der Waals surface area contributed by atoms with Gasteiger partial charge in [0.2, 0.25) is 5.91 Å². The Kier molecular flexibility index (Phi) is 4.76. The Balaban J connectivity index is 1.61. The number of nitrogens with one attached hydrogen (secondary N) is 2. The van der Waals surface area contributed by atoms with Crippen molar-refractivity contribution in [2.24, 2.45) is 0 Å². The molecular formula is C17H25N3O. The van der Waals surface area contributed by atoms with Gasteiger partial charge in [-0.25, -0.2) is 0 Å². The summed E-state index contributed by atoms with van der Waals surface area (Å²) in [6.07, 6.45) is 5.61. The third kappa shape index (κ3) is 3.76. The van der Waals surface area contributed by atoms with Crippen LogP contribution in [0.25, 0.3) is 0 Å². The molecule has 0 unspecified atom stereocenters. The predicted molar refractivity (Wildman–Crippen MR) is 85.3 cm³/mol. The number of carbonyl (C=O) groups excluding carboxylic acids is 1. The number of likely N-dealkylation sites (tertiary alicyclic amines) is 1. The molecule has 114 valence electrons. The van der Waals surface area contributed by atoms with Crippen molar-refractivity contribution in [3.05, 3.63) is 30.3 Å². The number of amides is 1. The zero-order chi connectivity index (χ0) is 14.5. The van der Waals surface area contributed by atoms with Crippen molar-refractivity contribution >= 4 is 11.6 Å². The number of nitrogens with zero attached hydrogens (tertiary/aromatic N) is 1. The van der Waals surface area contributed by atoms with E-state index in [1.54, 1.807) is 0 Å². The van der Waals surface area contributed by atoms with Crippen LogP contribution in [0.15, 0.2) is 30.3 Å². The van der Waals surface area contributed by atoms with Gasteiger partial charge in [0.15, 0.2) is 0 Å². The van der Waals surface area contributed by atoms with Crippen LogP contribution in [0.1, 0.15) is 32.1 Å². The van der Waals surface area contributed by atoms with Gasteiger partial charge >= 0.3 is 0 Å². The fourth-order valence-corrected chi connectivity index (χ4v) is 3.45. The number of hydrogen-bond acceptors (Lipinski definition) is 3. The largest absolute Gasteiger partial charge is 0.381 e. The number of hydrogen-bond donors (Lipinski definition) is 2. The molecule has 2 aliphatic rings. The summed E-state index contributed by atoms with van der Waals surface area (Å²) in [5.74, 6) is 0.230. The van der Waals surface area contributed by atoms with E-state index in [2.05, 4.69) is 39.8 Å². The quantitative estimate of drug-likeness (QED) is 0.896. The maximum Gasteiger partial charge on any atom is 0.237 e. The van der Waals surface area contributed by atoms with Gasteiger partial charge in [-0.3, -0.25) is 9.69 Å². The topological polar surface area (TPSA) is 44.4 Å². The Labute approximate surface area is 126 Å². The second-order valence-corrected chi connectivity index (χ2v) is 6.15. The van der Waals surface area contributed by atoms with Gasteiger partial charge in [0.1, 0.15) is 0 Å². The van der Waals surface area contributed by atoms with Gasteiger partial charge in [0, 0.05) is 24.8 Å². The molecule has 2 heterocycles. The summed E-state index contributed by atoms with van der Waals surface area (Å²) >= 11 is 0. The molecule has 1 aromatic carbocycles. The molecule has 0 aliphatic carbocycles. The first-order valence-corrected chi connectivity index (χ1v) is 8.16. The van der Waals surface area contributed by atoms with Crippen LogP contribution in [-0.2, 0) is 4.79 Å². The van der Waals surface area contributed by atoms with E-state index >= 15 is 0 Å². The van der Waals surface area contributed by atoms with Crippen molar-refractivity contribution in [3.8, 4) is 0 Å². The lowest BCUT2D eigenvalue weighted by Gasteiger charge is -2.37. The van der Waals surface area contributed by atoms with Crippen LogP contribution in [0.2, 0.25) is 0 Å². The third-order valence-electron chi connectivity index (χ3n) is 4.54. The SMILES string of the molecule is O=C1NCCCC[C@@H]1N1CCC[C@@H](Nc2ccccc2)C1. The van der Waals surface area contributed by atoms with Crippen molar-refractivity contribution < 1.29 is 4.79 Å². The number of rotatable bonds is 3. The van der Waals surface area contributed by atoms with Crippen LogP contribution >= 0.6 is 0 Å². The van der Waals surface area contributed by atoms with Crippen molar-refractivity contribution in [2.75, 3.05) is 25.0 Å². The second-order valence-electron chi connectivity index (χ2n) is 6.15. The number of benzene rings is 1. The second kappa shape index (κ2) is 6.94. The molecule has 1 aromatic rings. The molecule has 4 heteroatoms. The van der Waals surface area contributed by atoms with E-state index in [0.29, 0.717) is 6.04 Å². The molecule has 2 atom stereocenters. The molecule has 0 radical (unpaired) electrons. The molecule has 4 nitrogen and oxygen atoms in total. The molecular weight excluding hydrogens is 262 g/mol. The lowest BCUT2D eigenvalue weighted by molar-refractivity contribution is -0.126. The number of para-hydroxylation sites is 1.